The molecule has 0 unspecified atom stereocenters. The highest BCUT2D eigenvalue weighted by Gasteiger charge is 2.20. The first-order valence-corrected chi connectivity index (χ1v) is 8.90. The number of carbonyl (C=O) groups excluding carboxylic acids is 2. The van der Waals surface area contributed by atoms with Crippen LogP contribution < -0.4 is 5.32 Å². The molecule has 3 rings (SSSR count). The zero-order valence-corrected chi connectivity index (χ0v) is 15.4. The van der Waals surface area contributed by atoms with E-state index in [2.05, 4.69) is 5.32 Å². The Hall–Kier alpha value is -2.02. The van der Waals surface area contributed by atoms with Gasteiger partial charge < -0.3 is 14.5 Å². The highest BCUT2D eigenvalue weighted by atomic mass is 35.5. The van der Waals surface area contributed by atoms with Gasteiger partial charge in [0.1, 0.15) is 10.6 Å². The number of thiophene rings is 1. The molecule has 8 heteroatoms. The Morgan fingerprint density at radius 1 is 1.32 bits per heavy atom. The number of amides is 1. The van der Waals surface area contributed by atoms with Gasteiger partial charge in [0.15, 0.2) is 6.61 Å². The van der Waals surface area contributed by atoms with Crippen molar-refractivity contribution in [2.45, 2.75) is 13.0 Å². The number of ether oxygens (including phenoxy) is 1. The number of halogens is 2. The van der Waals surface area contributed by atoms with E-state index in [0.717, 1.165) is 10.1 Å². The van der Waals surface area contributed by atoms with Crippen LogP contribution in [-0.4, -0.2) is 18.5 Å². The Balaban J connectivity index is 1.62. The smallest absolute Gasteiger partial charge is 0.350 e. The summed E-state index contributed by atoms with van der Waals surface area (Å²) in [4.78, 5) is 24.4. The van der Waals surface area contributed by atoms with Crippen molar-refractivity contribution in [1.82, 2.24) is 5.32 Å². The van der Waals surface area contributed by atoms with Gasteiger partial charge in [0.25, 0.3) is 5.91 Å². The fraction of sp³-hybridized carbons (Fsp3) is 0.176. The molecule has 0 radical (unpaired) electrons. The molecule has 0 spiro atoms. The number of furan rings is 1. The molecule has 0 bridgehead atoms. The minimum atomic E-state index is -0.650. The first-order valence-electron chi connectivity index (χ1n) is 7.33. The molecule has 130 valence electrons. The Kier molecular flexibility index (Phi) is 5.32. The summed E-state index contributed by atoms with van der Waals surface area (Å²) in [6, 6.07) is 8.32. The van der Waals surface area contributed by atoms with Gasteiger partial charge in [-0.2, -0.15) is 0 Å². The van der Waals surface area contributed by atoms with E-state index >= 15 is 0 Å². The quantitative estimate of drug-likeness (QED) is 0.625. The molecule has 0 aliphatic rings. The fourth-order valence-electron chi connectivity index (χ4n) is 2.26. The lowest BCUT2D eigenvalue weighted by atomic mass is 10.2. The van der Waals surface area contributed by atoms with Crippen molar-refractivity contribution < 1.29 is 18.7 Å². The number of fused-ring (bicyclic) bond motifs is 1. The van der Waals surface area contributed by atoms with Crippen molar-refractivity contribution in [3.05, 3.63) is 57.3 Å². The van der Waals surface area contributed by atoms with Crippen molar-refractivity contribution in [3.63, 3.8) is 0 Å². The van der Waals surface area contributed by atoms with Crippen LogP contribution in [0.1, 0.15) is 28.4 Å². The van der Waals surface area contributed by atoms with Crippen LogP contribution in [0.5, 0.6) is 0 Å². The maximum absolute atomic E-state index is 12.2. The Labute approximate surface area is 157 Å². The van der Waals surface area contributed by atoms with E-state index in [1.165, 1.54) is 17.6 Å². The summed E-state index contributed by atoms with van der Waals surface area (Å²) < 4.78 is 11.0. The predicted octanol–water partition coefficient (Wildman–Crippen LogP) is 4.84. The normalized spacial score (nSPS) is 12.1. The number of esters is 1. The molecule has 0 fully saturated rings. The van der Waals surface area contributed by atoms with Crippen molar-refractivity contribution in [2.75, 3.05) is 6.61 Å². The van der Waals surface area contributed by atoms with Crippen LogP contribution in [-0.2, 0) is 9.53 Å². The second-order valence-corrected chi connectivity index (χ2v) is 7.13. The summed E-state index contributed by atoms with van der Waals surface area (Å²) in [6.07, 6.45) is 1.52. The Morgan fingerprint density at radius 3 is 2.84 bits per heavy atom. The van der Waals surface area contributed by atoms with Gasteiger partial charge in [0.05, 0.1) is 17.3 Å². The molecule has 0 aliphatic carbocycles. The van der Waals surface area contributed by atoms with Gasteiger partial charge >= 0.3 is 5.97 Å². The number of hydrogen-bond acceptors (Lipinski definition) is 5. The highest BCUT2D eigenvalue weighted by Crippen LogP contribution is 2.37. The Morgan fingerprint density at radius 2 is 2.12 bits per heavy atom. The molecule has 1 atom stereocenters. The van der Waals surface area contributed by atoms with Crippen LogP contribution in [0, 0.1) is 0 Å². The molecule has 1 N–H and O–H groups in total. The number of benzene rings is 1. The second kappa shape index (κ2) is 7.47. The standard InChI is InChI=1S/C17H13Cl2NO4S/c1-9(12-3-2-6-23-12)20-14(21)8-24-17(22)16-15(19)11-5-4-10(18)7-13(11)25-16/h2-7,9H,8H2,1H3,(H,20,21)/t9-/m0/s1. The maximum atomic E-state index is 12.2. The summed E-state index contributed by atoms with van der Waals surface area (Å²) in [6.45, 7) is 1.36. The van der Waals surface area contributed by atoms with Gasteiger partial charge in [-0.1, -0.05) is 29.3 Å². The summed E-state index contributed by atoms with van der Waals surface area (Å²) >= 11 is 13.3. The van der Waals surface area contributed by atoms with E-state index in [-0.39, 0.29) is 10.9 Å². The average molecular weight is 398 g/mol. The lowest BCUT2D eigenvalue weighted by Gasteiger charge is -2.11. The molecule has 0 saturated heterocycles. The average Bonchev–Trinajstić information content (AvgIpc) is 3.21. The number of hydrogen-bond donors (Lipinski definition) is 1. The van der Waals surface area contributed by atoms with E-state index < -0.39 is 18.5 Å². The van der Waals surface area contributed by atoms with Crippen LogP contribution >= 0.6 is 34.5 Å². The molecule has 5 nitrogen and oxygen atoms in total. The number of nitrogens with one attached hydrogen (secondary N) is 1. The first kappa shape index (κ1) is 17.8. The van der Waals surface area contributed by atoms with Gasteiger partial charge in [-0.15, -0.1) is 11.3 Å². The van der Waals surface area contributed by atoms with Crippen LogP contribution in [0.15, 0.2) is 41.0 Å². The molecule has 1 amide bonds. The number of carbonyl (C=O) groups is 2. The number of rotatable bonds is 5. The third-order valence-electron chi connectivity index (χ3n) is 3.46. The van der Waals surface area contributed by atoms with E-state index in [1.807, 2.05) is 0 Å². The summed E-state index contributed by atoms with van der Waals surface area (Å²) in [5.74, 6) is -0.468. The van der Waals surface area contributed by atoms with Crippen molar-refractivity contribution in [3.8, 4) is 0 Å². The molecular weight excluding hydrogens is 385 g/mol. The minimum absolute atomic E-state index is 0.241. The third-order valence-corrected chi connectivity index (χ3v) is 5.33. The van der Waals surface area contributed by atoms with Gasteiger partial charge in [0.2, 0.25) is 0 Å². The maximum Gasteiger partial charge on any atom is 0.350 e. The van der Waals surface area contributed by atoms with Gasteiger partial charge in [-0.05, 0) is 31.2 Å². The zero-order valence-electron chi connectivity index (χ0n) is 13.0. The molecule has 3 aromatic rings. The molecule has 25 heavy (non-hydrogen) atoms. The molecule has 1 aromatic carbocycles. The Bertz CT molecular complexity index is 920. The topological polar surface area (TPSA) is 68.5 Å². The van der Waals surface area contributed by atoms with E-state index in [0.29, 0.717) is 15.8 Å². The van der Waals surface area contributed by atoms with Crippen molar-refractivity contribution >= 4 is 56.5 Å². The molecular formula is C17H13Cl2NO4S. The largest absolute Gasteiger partial charge is 0.467 e. The lowest BCUT2D eigenvalue weighted by molar-refractivity contribution is -0.125. The SMILES string of the molecule is C[C@H](NC(=O)COC(=O)c1sc2cc(Cl)ccc2c1Cl)c1ccco1. The third kappa shape index (κ3) is 3.98. The zero-order chi connectivity index (χ0) is 18.0. The van der Waals surface area contributed by atoms with Gasteiger partial charge in [-0.3, -0.25) is 4.79 Å². The van der Waals surface area contributed by atoms with E-state index in [9.17, 15) is 9.59 Å². The predicted molar refractivity (Wildman–Crippen MR) is 97.4 cm³/mol. The van der Waals surface area contributed by atoms with Gasteiger partial charge in [0, 0.05) is 15.1 Å². The summed E-state index contributed by atoms with van der Waals surface area (Å²) in [5.41, 5.74) is 0. The molecule has 2 aromatic heterocycles. The van der Waals surface area contributed by atoms with Crippen molar-refractivity contribution in [1.29, 1.82) is 0 Å². The van der Waals surface area contributed by atoms with Crippen LogP contribution in [0.4, 0.5) is 0 Å². The monoisotopic (exact) mass is 397 g/mol. The molecule has 2 heterocycles. The van der Waals surface area contributed by atoms with Crippen LogP contribution in [0.25, 0.3) is 10.1 Å². The minimum Gasteiger partial charge on any atom is -0.467 e. The van der Waals surface area contributed by atoms with E-state index in [1.54, 1.807) is 37.3 Å². The van der Waals surface area contributed by atoms with Gasteiger partial charge in [-0.25, -0.2) is 4.79 Å². The van der Waals surface area contributed by atoms with Crippen LogP contribution in [0.3, 0.4) is 0 Å². The second-order valence-electron chi connectivity index (χ2n) is 5.27. The summed E-state index contributed by atoms with van der Waals surface area (Å²) in [7, 11) is 0. The van der Waals surface area contributed by atoms with Crippen molar-refractivity contribution in [2.24, 2.45) is 0 Å². The lowest BCUT2D eigenvalue weighted by Crippen LogP contribution is -2.30. The fourth-order valence-corrected chi connectivity index (χ4v) is 3.94. The molecule has 0 aliphatic heterocycles. The molecule has 0 saturated carbocycles. The summed E-state index contributed by atoms with van der Waals surface area (Å²) in [5, 5.41) is 4.25. The van der Waals surface area contributed by atoms with Crippen LogP contribution in [0.2, 0.25) is 10.0 Å². The van der Waals surface area contributed by atoms with E-state index in [4.69, 9.17) is 32.4 Å². The first-order chi connectivity index (χ1) is 12.0. The highest BCUT2D eigenvalue weighted by molar-refractivity contribution is 7.21.